The van der Waals surface area contributed by atoms with Gasteiger partial charge in [-0.15, -0.1) is 11.3 Å². The molecular weight excluding hydrogens is 262 g/mol. The van der Waals surface area contributed by atoms with Gasteiger partial charge in [0.1, 0.15) is 5.60 Å². The van der Waals surface area contributed by atoms with Crippen molar-refractivity contribution in [3.8, 4) is 0 Å². The number of hydrogen-bond acceptors (Lipinski definition) is 5. The largest absolute Gasteiger partial charge is 0.444 e. The number of carbonyl (C=O) groups excluding carboxylic acids is 1. The molecule has 0 aromatic carbocycles. The van der Waals surface area contributed by atoms with Crippen LogP contribution in [-0.2, 0) is 11.3 Å². The standard InChI is InChI=1S/C13H17N3O2S/c1-13(2,3)18-12(17)16-10-7-15-6-8-4-9(5-14)19-11(8)10/h4,6-7H,5,14H2,1-3H3,(H,16,17). The van der Waals surface area contributed by atoms with E-state index in [2.05, 4.69) is 10.3 Å². The number of pyridine rings is 1. The van der Waals surface area contributed by atoms with E-state index < -0.39 is 11.7 Å². The van der Waals surface area contributed by atoms with Crippen LogP contribution in [0.3, 0.4) is 0 Å². The Morgan fingerprint density at radius 1 is 1.47 bits per heavy atom. The van der Waals surface area contributed by atoms with E-state index in [4.69, 9.17) is 10.5 Å². The molecule has 0 spiro atoms. The van der Waals surface area contributed by atoms with E-state index in [0.29, 0.717) is 12.2 Å². The molecule has 0 atom stereocenters. The van der Waals surface area contributed by atoms with E-state index in [1.165, 1.54) is 0 Å². The van der Waals surface area contributed by atoms with Crippen LogP contribution < -0.4 is 11.1 Å². The van der Waals surface area contributed by atoms with E-state index in [9.17, 15) is 4.79 Å². The van der Waals surface area contributed by atoms with Crippen molar-refractivity contribution in [1.82, 2.24) is 4.98 Å². The molecule has 0 radical (unpaired) electrons. The van der Waals surface area contributed by atoms with Gasteiger partial charge in [-0.25, -0.2) is 4.79 Å². The highest BCUT2D eigenvalue weighted by atomic mass is 32.1. The molecule has 0 saturated heterocycles. The number of carbonyl (C=O) groups is 1. The molecule has 2 heterocycles. The van der Waals surface area contributed by atoms with Crippen molar-refractivity contribution < 1.29 is 9.53 Å². The summed E-state index contributed by atoms with van der Waals surface area (Å²) < 4.78 is 6.19. The number of anilines is 1. The molecule has 3 N–H and O–H groups in total. The summed E-state index contributed by atoms with van der Waals surface area (Å²) in [6.45, 7) is 5.94. The molecular formula is C13H17N3O2S. The topological polar surface area (TPSA) is 77.2 Å². The minimum Gasteiger partial charge on any atom is -0.444 e. The Morgan fingerprint density at radius 3 is 2.84 bits per heavy atom. The van der Waals surface area contributed by atoms with Gasteiger partial charge in [0.15, 0.2) is 0 Å². The lowest BCUT2D eigenvalue weighted by molar-refractivity contribution is 0.0636. The van der Waals surface area contributed by atoms with Gasteiger partial charge in [0.05, 0.1) is 16.6 Å². The van der Waals surface area contributed by atoms with Gasteiger partial charge in [-0.05, 0) is 26.8 Å². The molecule has 5 nitrogen and oxygen atoms in total. The first-order valence-electron chi connectivity index (χ1n) is 5.95. The third kappa shape index (κ3) is 3.42. The van der Waals surface area contributed by atoms with Crippen molar-refractivity contribution in [3.05, 3.63) is 23.3 Å². The number of nitrogens with one attached hydrogen (secondary N) is 1. The van der Waals surface area contributed by atoms with Gasteiger partial charge in [-0.2, -0.15) is 0 Å². The Kier molecular flexibility index (Phi) is 3.73. The van der Waals surface area contributed by atoms with Crippen LogP contribution in [0.15, 0.2) is 18.5 Å². The van der Waals surface area contributed by atoms with E-state index in [1.54, 1.807) is 23.7 Å². The van der Waals surface area contributed by atoms with Crippen molar-refractivity contribution in [1.29, 1.82) is 0 Å². The molecule has 0 aliphatic heterocycles. The predicted molar refractivity (Wildman–Crippen MR) is 77.4 cm³/mol. The Morgan fingerprint density at radius 2 is 2.21 bits per heavy atom. The number of ether oxygens (including phenoxy) is 1. The number of aromatic nitrogens is 1. The minimum atomic E-state index is -0.525. The molecule has 0 fully saturated rings. The van der Waals surface area contributed by atoms with Gasteiger partial charge in [0, 0.05) is 23.0 Å². The van der Waals surface area contributed by atoms with Gasteiger partial charge >= 0.3 is 6.09 Å². The second-order valence-corrected chi connectivity index (χ2v) is 6.29. The van der Waals surface area contributed by atoms with Gasteiger partial charge in [0.2, 0.25) is 0 Å². The number of nitrogens with two attached hydrogens (primary N) is 1. The first kappa shape index (κ1) is 13.8. The van der Waals surface area contributed by atoms with Crippen LogP contribution in [0.2, 0.25) is 0 Å². The molecule has 2 aromatic heterocycles. The summed E-state index contributed by atoms with van der Waals surface area (Å²) in [5.41, 5.74) is 5.75. The van der Waals surface area contributed by atoms with Crippen LogP contribution in [0, 0.1) is 0 Å². The summed E-state index contributed by atoms with van der Waals surface area (Å²) >= 11 is 1.55. The second kappa shape index (κ2) is 5.14. The maximum Gasteiger partial charge on any atom is 0.412 e. The van der Waals surface area contributed by atoms with Crippen LogP contribution in [0.5, 0.6) is 0 Å². The molecule has 2 aromatic rings. The highest BCUT2D eigenvalue weighted by Gasteiger charge is 2.17. The molecule has 2 rings (SSSR count). The third-order valence-corrected chi connectivity index (χ3v) is 3.52. The van der Waals surface area contributed by atoms with E-state index in [-0.39, 0.29) is 0 Å². The Labute approximate surface area is 115 Å². The zero-order chi connectivity index (χ0) is 14.0. The van der Waals surface area contributed by atoms with Gasteiger partial charge in [0.25, 0.3) is 0 Å². The highest BCUT2D eigenvalue weighted by Crippen LogP contribution is 2.31. The lowest BCUT2D eigenvalue weighted by Crippen LogP contribution is -2.27. The van der Waals surface area contributed by atoms with Gasteiger partial charge in [-0.3, -0.25) is 10.3 Å². The summed E-state index contributed by atoms with van der Waals surface area (Å²) in [4.78, 5) is 16.9. The first-order chi connectivity index (χ1) is 8.89. The summed E-state index contributed by atoms with van der Waals surface area (Å²) in [6.07, 6.45) is 2.89. The molecule has 19 heavy (non-hydrogen) atoms. The smallest absolute Gasteiger partial charge is 0.412 e. The Hall–Kier alpha value is -1.66. The highest BCUT2D eigenvalue weighted by molar-refractivity contribution is 7.19. The molecule has 102 valence electrons. The quantitative estimate of drug-likeness (QED) is 0.885. The molecule has 0 unspecified atom stereocenters. The first-order valence-corrected chi connectivity index (χ1v) is 6.77. The monoisotopic (exact) mass is 279 g/mol. The molecule has 0 saturated carbocycles. The number of fused-ring (bicyclic) bond motifs is 1. The average Bonchev–Trinajstić information content (AvgIpc) is 2.70. The third-order valence-electron chi connectivity index (χ3n) is 2.31. The van der Waals surface area contributed by atoms with Crippen LogP contribution in [0.4, 0.5) is 10.5 Å². The second-order valence-electron chi connectivity index (χ2n) is 5.15. The van der Waals surface area contributed by atoms with E-state index in [1.807, 2.05) is 26.8 Å². The molecule has 0 bridgehead atoms. The number of thiophene rings is 1. The molecule has 0 aliphatic rings. The summed E-state index contributed by atoms with van der Waals surface area (Å²) in [6, 6.07) is 1.98. The van der Waals surface area contributed by atoms with E-state index in [0.717, 1.165) is 15.0 Å². The minimum absolute atomic E-state index is 0.477. The zero-order valence-corrected chi connectivity index (χ0v) is 12.0. The zero-order valence-electron chi connectivity index (χ0n) is 11.2. The Balaban J connectivity index is 2.25. The van der Waals surface area contributed by atoms with Crippen molar-refractivity contribution in [2.45, 2.75) is 32.9 Å². The van der Waals surface area contributed by atoms with Crippen LogP contribution in [-0.4, -0.2) is 16.7 Å². The van der Waals surface area contributed by atoms with E-state index >= 15 is 0 Å². The fourth-order valence-electron chi connectivity index (χ4n) is 1.62. The number of nitrogens with zero attached hydrogens (tertiary/aromatic N) is 1. The van der Waals surface area contributed by atoms with Crippen LogP contribution in [0.25, 0.3) is 10.1 Å². The van der Waals surface area contributed by atoms with Crippen molar-refractivity contribution in [2.75, 3.05) is 5.32 Å². The van der Waals surface area contributed by atoms with Crippen LogP contribution in [0.1, 0.15) is 25.6 Å². The van der Waals surface area contributed by atoms with Crippen molar-refractivity contribution >= 4 is 33.2 Å². The maximum absolute atomic E-state index is 11.8. The van der Waals surface area contributed by atoms with Crippen LogP contribution >= 0.6 is 11.3 Å². The average molecular weight is 279 g/mol. The summed E-state index contributed by atoms with van der Waals surface area (Å²) in [5, 5.41) is 3.70. The Bertz CT molecular complexity index is 601. The fraction of sp³-hybridized carbons (Fsp3) is 0.385. The molecule has 1 amide bonds. The predicted octanol–water partition coefficient (Wildman–Crippen LogP) is 3.10. The number of amides is 1. The van der Waals surface area contributed by atoms with Gasteiger partial charge < -0.3 is 10.5 Å². The number of hydrogen-bond donors (Lipinski definition) is 2. The SMILES string of the molecule is CC(C)(C)OC(=O)Nc1cncc2cc(CN)sc12. The summed E-state index contributed by atoms with van der Waals surface area (Å²) in [7, 11) is 0. The maximum atomic E-state index is 11.8. The molecule has 6 heteroatoms. The molecule has 0 aliphatic carbocycles. The normalized spacial score (nSPS) is 11.6. The lowest BCUT2D eigenvalue weighted by Gasteiger charge is -2.19. The van der Waals surface area contributed by atoms with Crippen molar-refractivity contribution in [3.63, 3.8) is 0 Å². The fourth-order valence-corrected chi connectivity index (χ4v) is 2.59. The number of rotatable bonds is 2. The summed E-state index contributed by atoms with van der Waals surface area (Å²) in [5.74, 6) is 0. The van der Waals surface area contributed by atoms with Crippen molar-refractivity contribution in [2.24, 2.45) is 5.73 Å². The lowest BCUT2D eigenvalue weighted by atomic mass is 10.2. The van der Waals surface area contributed by atoms with Gasteiger partial charge in [-0.1, -0.05) is 0 Å².